The van der Waals surface area contributed by atoms with Gasteiger partial charge in [0.25, 0.3) is 0 Å². The quantitative estimate of drug-likeness (QED) is 0.106. The van der Waals surface area contributed by atoms with Crippen molar-refractivity contribution in [2.45, 2.75) is 159 Å². The second-order valence-electron chi connectivity index (χ2n) is 14.5. The zero-order valence-corrected chi connectivity index (χ0v) is 36.2. The van der Waals surface area contributed by atoms with Crippen LogP contribution < -0.4 is 4.74 Å². The number of esters is 1. The van der Waals surface area contributed by atoms with E-state index in [1.54, 1.807) is 6.33 Å². The number of carbonyl (C=O) groups excluding carboxylic acids is 2. The number of pyridine rings is 1. The summed E-state index contributed by atoms with van der Waals surface area (Å²) >= 11 is 6.52. The van der Waals surface area contributed by atoms with Crippen LogP contribution in [0, 0.1) is 32.6 Å². The molecule has 9 heteroatoms. The van der Waals surface area contributed by atoms with Gasteiger partial charge < -0.3 is 9.47 Å². The molecule has 1 saturated carbocycles. The maximum absolute atomic E-state index is 10.7. The summed E-state index contributed by atoms with van der Waals surface area (Å²) in [5.74, 6) is 2.05. The topological polar surface area (TPSA) is 104 Å². The molecule has 4 rings (SSSR count). The van der Waals surface area contributed by atoms with Gasteiger partial charge in [-0.15, -0.1) is 0 Å². The number of nitrogens with zero attached hydrogens (tertiary/aromatic N) is 4. The minimum absolute atomic E-state index is 0.0160. The fraction of sp³-hybridized carbons (Fsp3) is 0.600. The van der Waals surface area contributed by atoms with Crippen LogP contribution in [0.1, 0.15) is 155 Å². The first kappa shape index (κ1) is 48.4. The lowest BCUT2D eigenvalue weighted by Gasteiger charge is -2.18. The van der Waals surface area contributed by atoms with Crippen LogP contribution in [0.3, 0.4) is 0 Å². The van der Waals surface area contributed by atoms with Gasteiger partial charge in [-0.25, -0.2) is 9.98 Å². The summed E-state index contributed by atoms with van der Waals surface area (Å²) in [4.78, 5) is 38.6. The molecule has 2 heterocycles. The predicted molar refractivity (Wildman–Crippen MR) is 225 cm³/mol. The van der Waals surface area contributed by atoms with Crippen molar-refractivity contribution in [1.29, 1.82) is 0 Å². The lowest BCUT2D eigenvalue weighted by atomic mass is 9.88. The van der Waals surface area contributed by atoms with Crippen molar-refractivity contribution in [2.24, 2.45) is 16.8 Å². The van der Waals surface area contributed by atoms with E-state index < -0.39 is 5.97 Å². The summed E-state index contributed by atoms with van der Waals surface area (Å²) in [6.07, 6.45) is 14.9. The normalized spacial score (nSPS) is 13.3. The summed E-state index contributed by atoms with van der Waals surface area (Å²) in [6, 6.07) is 10.2. The first-order chi connectivity index (χ1) is 25.7. The number of hydrogen-bond acceptors (Lipinski definition) is 8. The van der Waals surface area contributed by atoms with Gasteiger partial charge in [-0.1, -0.05) is 97.9 Å². The number of Topliss-reactive ketones (excluding diaryl/α,β-unsaturated/α-hetero) is 1. The van der Waals surface area contributed by atoms with Crippen LogP contribution in [0.4, 0.5) is 5.69 Å². The Labute approximate surface area is 332 Å². The Hall–Kier alpha value is -3.65. The van der Waals surface area contributed by atoms with Gasteiger partial charge in [0, 0.05) is 35.8 Å². The lowest BCUT2D eigenvalue weighted by Crippen LogP contribution is -2.14. The van der Waals surface area contributed by atoms with Crippen LogP contribution >= 0.6 is 11.6 Å². The number of aliphatic imine (C=N–C) groups is 1. The minimum Gasteiger partial charge on any atom is -0.470 e. The van der Waals surface area contributed by atoms with Gasteiger partial charge in [0.15, 0.2) is 5.78 Å². The largest absolute Gasteiger partial charge is 0.470 e. The molecule has 2 aromatic heterocycles. The third kappa shape index (κ3) is 19.1. The molecular weight excluding hydrogens is 696 g/mol. The van der Waals surface area contributed by atoms with Gasteiger partial charge in [-0.2, -0.15) is 4.98 Å². The summed E-state index contributed by atoms with van der Waals surface area (Å²) in [7, 11) is 0. The minimum atomic E-state index is -0.399. The van der Waals surface area contributed by atoms with Crippen molar-refractivity contribution in [1.82, 2.24) is 15.0 Å². The molecule has 0 amide bonds. The number of ketones is 1. The van der Waals surface area contributed by atoms with Gasteiger partial charge in [-0.3, -0.25) is 14.6 Å². The predicted octanol–water partition coefficient (Wildman–Crippen LogP) is 12.3. The Bertz CT molecular complexity index is 1580. The van der Waals surface area contributed by atoms with E-state index in [1.165, 1.54) is 37.4 Å². The van der Waals surface area contributed by atoms with Crippen molar-refractivity contribution >= 4 is 34.8 Å². The highest BCUT2D eigenvalue weighted by atomic mass is 35.5. The molecule has 1 unspecified atom stereocenters. The molecule has 0 aliphatic heterocycles. The van der Waals surface area contributed by atoms with E-state index in [-0.39, 0.29) is 18.0 Å². The highest BCUT2D eigenvalue weighted by Crippen LogP contribution is 2.42. The first-order valence-electron chi connectivity index (χ1n) is 20.1. The van der Waals surface area contributed by atoms with Crippen LogP contribution in [0.2, 0.25) is 5.02 Å². The number of halogens is 1. The van der Waals surface area contributed by atoms with E-state index in [4.69, 9.17) is 21.3 Å². The van der Waals surface area contributed by atoms with E-state index in [1.807, 2.05) is 45.2 Å². The molecule has 300 valence electrons. The van der Waals surface area contributed by atoms with Gasteiger partial charge in [-0.05, 0) is 107 Å². The number of aryl methyl sites for hydroxylation is 4. The number of carbonyl (C=O) groups is 2. The highest BCUT2D eigenvalue weighted by molar-refractivity contribution is 6.34. The Morgan fingerprint density at radius 3 is 2.04 bits per heavy atom. The van der Waals surface area contributed by atoms with Crippen LogP contribution in [-0.2, 0) is 20.7 Å². The molecule has 1 fully saturated rings. The number of benzene rings is 1. The van der Waals surface area contributed by atoms with Crippen LogP contribution in [0.25, 0.3) is 0 Å². The van der Waals surface area contributed by atoms with E-state index in [0.29, 0.717) is 18.0 Å². The van der Waals surface area contributed by atoms with Crippen LogP contribution in [-0.4, -0.2) is 44.6 Å². The number of hydrogen-bond donors (Lipinski definition) is 0. The van der Waals surface area contributed by atoms with E-state index in [0.717, 1.165) is 84.3 Å². The van der Waals surface area contributed by atoms with Crippen molar-refractivity contribution in [3.63, 3.8) is 0 Å². The van der Waals surface area contributed by atoms with Crippen molar-refractivity contribution in [3.05, 3.63) is 76.0 Å². The Balaban J connectivity index is 0.000000427. The molecule has 1 atom stereocenters. The molecule has 1 aliphatic carbocycles. The van der Waals surface area contributed by atoms with Gasteiger partial charge >= 0.3 is 5.97 Å². The third-order valence-corrected chi connectivity index (χ3v) is 9.83. The van der Waals surface area contributed by atoms with Gasteiger partial charge in [0.1, 0.15) is 24.2 Å². The number of ether oxygens (including phenoxy) is 2. The average Bonchev–Trinajstić information content (AvgIpc) is 3.87. The van der Waals surface area contributed by atoms with E-state index >= 15 is 0 Å². The summed E-state index contributed by atoms with van der Waals surface area (Å²) < 4.78 is 10.6. The maximum Gasteiger partial charge on any atom is 0.303 e. The lowest BCUT2D eigenvalue weighted by molar-refractivity contribution is -0.145. The highest BCUT2D eigenvalue weighted by Gasteiger charge is 2.41. The molecule has 1 aliphatic rings. The first-order valence-corrected chi connectivity index (χ1v) is 20.5. The third-order valence-electron chi connectivity index (χ3n) is 9.52. The van der Waals surface area contributed by atoms with E-state index in [2.05, 4.69) is 87.2 Å². The zero-order chi connectivity index (χ0) is 40.7. The molecule has 0 N–H and O–H groups in total. The molecule has 0 radical (unpaired) electrons. The number of rotatable bonds is 16. The Morgan fingerprint density at radius 1 is 0.889 bits per heavy atom. The maximum atomic E-state index is 10.7. The molecular formula is C45H69ClN4O4. The second kappa shape index (κ2) is 26.2. The SMILES string of the molecule is CCC(C)C(CC)CC.CCCC(=O)COC(C)=O.CCCCC(=Nc1c(C)ncnc1OC1(C)CC1)c1ccc(C)cc1Cl.CCc1cc(C)ccn1. The average molecular weight is 766 g/mol. The zero-order valence-electron chi connectivity index (χ0n) is 35.5. The molecule has 0 bridgehead atoms. The number of unbranched alkanes of at least 4 members (excludes halogenated alkanes) is 1. The number of aromatic nitrogens is 3. The summed E-state index contributed by atoms with van der Waals surface area (Å²) in [6.45, 7) is 24.8. The van der Waals surface area contributed by atoms with Gasteiger partial charge in [0.2, 0.25) is 5.88 Å². The Morgan fingerprint density at radius 2 is 1.56 bits per heavy atom. The summed E-state index contributed by atoms with van der Waals surface area (Å²) in [5.41, 5.74) is 6.95. The van der Waals surface area contributed by atoms with Crippen LogP contribution in [0.15, 0.2) is 47.8 Å². The van der Waals surface area contributed by atoms with Crippen molar-refractivity contribution in [3.8, 4) is 5.88 Å². The molecule has 8 nitrogen and oxygen atoms in total. The smallest absolute Gasteiger partial charge is 0.303 e. The van der Waals surface area contributed by atoms with Gasteiger partial charge in [0.05, 0.1) is 11.4 Å². The van der Waals surface area contributed by atoms with Crippen molar-refractivity contribution in [2.75, 3.05) is 6.61 Å². The van der Waals surface area contributed by atoms with Crippen LogP contribution in [0.5, 0.6) is 5.88 Å². The standard InChI is InChI=1S/C21H26ClN3O.C9H20.C8H11N.C7H12O3/c1-5-6-7-18(16-9-8-14(2)12-17(16)22)25-19-15(3)23-13-24-20(19)26-21(4)10-11-21;1-5-8(4)9(6-2)7-3;1-3-8-6-7(2)4-5-9-8;1-3-4-7(9)5-10-6(2)8/h8-9,12-13H,5-7,10-11H2,1-4H3;8-9H,5-7H2,1-4H3;4-6H,3H2,1-2H3;3-5H2,1-2H3. The molecule has 3 aromatic rings. The molecule has 0 saturated heterocycles. The fourth-order valence-electron chi connectivity index (χ4n) is 5.50. The van der Waals surface area contributed by atoms with E-state index in [9.17, 15) is 9.59 Å². The second-order valence-corrected chi connectivity index (χ2v) is 14.9. The molecule has 54 heavy (non-hydrogen) atoms. The Kier molecular flexibility index (Phi) is 23.5. The monoisotopic (exact) mass is 765 g/mol. The molecule has 0 spiro atoms. The summed E-state index contributed by atoms with van der Waals surface area (Å²) in [5, 5.41) is 0.728. The molecule has 1 aromatic carbocycles. The van der Waals surface area contributed by atoms with Crippen molar-refractivity contribution < 1.29 is 19.1 Å². The fourth-order valence-corrected chi connectivity index (χ4v) is 5.84.